The van der Waals surface area contributed by atoms with Crippen molar-refractivity contribution in [1.29, 1.82) is 0 Å². The first-order chi connectivity index (χ1) is 5.52. The van der Waals surface area contributed by atoms with Crippen LogP contribution in [0.1, 0.15) is 5.56 Å². The molecule has 0 N–H and O–H groups in total. The SMILES string of the molecule is Cc1cc(Br)c(S(=O)[O-])c(Br)c1.[Na+]. The number of hydrogen-bond donors (Lipinski definition) is 0. The summed E-state index contributed by atoms with van der Waals surface area (Å²) in [6.45, 7) is 1.90. The second-order valence-corrected chi connectivity index (χ2v) is 4.88. The normalized spacial score (nSPS) is 12.0. The molecule has 0 aliphatic rings. The number of hydrogen-bond acceptors (Lipinski definition) is 2. The van der Waals surface area contributed by atoms with Crippen LogP contribution in [0.4, 0.5) is 0 Å². The minimum absolute atomic E-state index is 0. The molecule has 13 heavy (non-hydrogen) atoms. The van der Waals surface area contributed by atoms with Gasteiger partial charge in [-0.1, -0.05) is 0 Å². The molecule has 0 radical (unpaired) electrons. The van der Waals surface area contributed by atoms with Crippen molar-refractivity contribution < 1.29 is 38.3 Å². The molecule has 1 rings (SSSR count). The molecular weight excluding hydrogens is 331 g/mol. The molecule has 1 aromatic rings. The average Bonchev–Trinajstić information content (AvgIpc) is 1.82. The molecule has 6 heteroatoms. The molecule has 0 aliphatic carbocycles. The Bertz CT molecular complexity index is 320. The van der Waals surface area contributed by atoms with Crippen molar-refractivity contribution in [1.82, 2.24) is 0 Å². The molecule has 66 valence electrons. The maximum atomic E-state index is 10.7. The first-order valence-electron chi connectivity index (χ1n) is 3.07. The van der Waals surface area contributed by atoms with Gasteiger partial charge in [0.2, 0.25) is 0 Å². The van der Waals surface area contributed by atoms with Gasteiger partial charge in [0.25, 0.3) is 0 Å². The smallest absolute Gasteiger partial charge is 0.768 e. The maximum absolute atomic E-state index is 10.7. The van der Waals surface area contributed by atoms with Crippen LogP contribution >= 0.6 is 31.9 Å². The Labute approximate surface area is 118 Å². The summed E-state index contributed by atoms with van der Waals surface area (Å²) in [6, 6.07) is 3.52. The quantitative estimate of drug-likeness (QED) is 0.525. The van der Waals surface area contributed by atoms with Crippen LogP contribution in [0.3, 0.4) is 0 Å². The molecule has 1 atom stereocenters. The van der Waals surface area contributed by atoms with E-state index in [0.717, 1.165) is 5.56 Å². The first-order valence-corrected chi connectivity index (χ1v) is 5.73. The Kier molecular flexibility index (Phi) is 6.60. The Morgan fingerprint density at radius 1 is 1.31 bits per heavy atom. The number of benzene rings is 1. The molecule has 0 spiro atoms. The van der Waals surface area contributed by atoms with Crippen LogP contribution in [0.15, 0.2) is 26.0 Å². The van der Waals surface area contributed by atoms with E-state index in [4.69, 9.17) is 0 Å². The predicted octanol–water partition coefficient (Wildman–Crippen LogP) is -0.238. The van der Waals surface area contributed by atoms with Gasteiger partial charge >= 0.3 is 29.6 Å². The maximum Gasteiger partial charge on any atom is 1.00 e. The van der Waals surface area contributed by atoms with Crippen molar-refractivity contribution in [3.8, 4) is 0 Å². The third kappa shape index (κ3) is 3.74. The molecule has 0 aliphatic heterocycles. The van der Waals surface area contributed by atoms with Crippen molar-refractivity contribution in [2.75, 3.05) is 0 Å². The minimum Gasteiger partial charge on any atom is -0.768 e. The second-order valence-electron chi connectivity index (χ2n) is 2.29. The molecule has 0 saturated carbocycles. The zero-order valence-corrected chi connectivity index (χ0v) is 13.1. The van der Waals surface area contributed by atoms with E-state index in [1.54, 1.807) is 12.1 Å². The summed E-state index contributed by atoms with van der Waals surface area (Å²) in [7, 11) is 0. The summed E-state index contributed by atoms with van der Waals surface area (Å²) in [5.74, 6) is 0. The summed E-state index contributed by atoms with van der Waals surface area (Å²) in [4.78, 5) is 0.264. The third-order valence-corrected chi connectivity index (χ3v) is 3.86. The topological polar surface area (TPSA) is 40.1 Å². The van der Waals surface area contributed by atoms with E-state index >= 15 is 0 Å². The van der Waals surface area contributed by atoms with Gasteiger partial charge in [-0.25, -0.2) is 0 Å². The van der Waals surface area contributed by atoms with E-state index in [1.165, 1.54) is 0 Å². The van der Waals surface area contributed by atoms with E-state index in [1.807, 2.05) is 6.92 Å². The van der Waals surface area contributed by atoms with E-state index < -0.39 is 11.1 Å². The van der Waals surface area contributed by atoms with Crippen molar-refractivity contribution in [3.05, 3.63) is 26.6 Å². The summed E-state index contributed by atoms with van der Waals surface area (Å²) < 4.78 is 22.6. The van der Waals surface area contributed by atoms with Crippen LogP contribution in [0.2, 0.25) is 0 Å². The molecule has 0 fully saturated rings. The van der Waals surface area contributed by atoms with Crippen LogP contribution in [0.25, 0.3) is 0 Å². The van der Waals surface area contributed by atoms with Gasteiger partial charge in [0.05, 0.1) is 4.90 Å². The van der Waals surface area contributed by atoms with Crippen LogP contribution in [0, 0.1) is 6.92 Å². The van der Waals surface area contributed by atoms with Crippen LogP contribution in [-0.2, 0) is 11.1 Å². The minimum atomic E-state index is -2.20. The van der Waals surface area contributed by atoms with Crippen LogP contribution in [0.5, 0.6) is 0 Å². The molecule has 0 saturated heterocycles. The molecule has 0 heterocycles. The fraction of sp³-hybridized carbons (Fsp3) is 0.143. The number of halogens is 2. The van der Waals surface area contributed by atoms with Gasteiger partial charge in [-0.05, 0) is 67.6 Å². The fourth-order valence-electron chi connectivity index (χ4n) is 0.846. The number of aryl methyl sites for hydroxylation is 1. The Balaban J connectivity index is 0.00000144. The van der Waals surface area contributed by atoms with E-state index in [2.05, 4.69) is 31.9 Å². The largest absolute Gasteiger partial charge is 1.00 e. The Morgan fingerprint density at radius 2 is 1.69 bits per heavy atom. The summed E-state index contributed by atoms with van der Waals surface area (Å²) in [6.07, 6.45) is 0. The zero-order valence-electron chi connectivity index (χ0n) is 7.14. The van der Waals surface area contributed by atoms with Gasteiger partial charge < -0.3 is 4.55 Å². The monoisotopic (exact) mass is 334 g/mol. The fourth-order valence-corrected chi connectivity index (χ4v) is 3.49. The van der Waals surface area contributed by atoms with E-state index in [-0.39, 0.29) is 34.5 Å². The molecular formula is C7H5Br2NaO2S. The summed E-state index contributed by atoms with van der Waals surface area (Å²) in [5, 5.41) is 0. The first kappa shape index (κ1) is 14.3. The molecule has 1 unspecified atom stereocenters. The van der Waals surface area contributed by atoms with Crippen molar-refractivity contribution >= 4 is 42.9 Å². The molecule has 0 amide bonds. The molecule has 0 aromatic heterocycles. The van der Waals surface area contributed by atoms with E-state index in [9.17, 15) is 8.76 Å². The third-order valence-electron chi connectivity index (χ3n) is 1.31. The Hall–Kier alpha value is 1.29. The van der Waals surface area contributed by atoms with Crippen LogP contribution in [-0.4, -0.2) is 8.76 Å². The molecule has 1 aromatic carbocycles. The summed E-state index contributed by atoms with van der Waals surface area (Å²) >= 11 is 4.15. The van der Waals surface area contributed by atoms with Crippen molar-refractivity contribution in [2.24, 2.45) is 0 Å². The van der Waals surface area contributed by atoms with Gasteiger partial charge in [0, 0.05) is 8.95 Å². The standard InChI is InChI=1S/C7H6Br2O2S.Na/c1-4-2-5(8)7(12(10)11)6(9)3-4;/h2-3H,1H3,(H,10,11);/q;+1/p-1. The van der Waals surface area contributed by atoms with Crippen LogP contribution < -0.4 is 29.6 Å². The molecule has 0 bridgehead atoms. The Morgan fingerprint density at radius 3 is 2.00 bits per heavy atom. The summed E-state index contributed by atoms with van der Waals surface area (Å²) in [5.41, 5.74) is 1.00. The van der Waals surface area contributed by atoms with Gasteiger partial charge in [0.15, 0.2) is 0 Å². The van der Waals surface area contributed by atoms with Gasteiger partial charge in [-0.15, -0.1) is 0 Å². The second kappa shape index (κ2) is 6.00. The van der Waals surface area contributed by atoms with E-state index in [0.29, 0.717) is 8.95 Å². The van der Waals surface area contributed by atoms with Gasteiger partial charge in [-0.3, -0.25) is 4.21 Å². The zero-order chi connectivity index (χ0) is 9.30. The molecule has 2 nitrogen and oxygen atoms in total. The van der Waals surface area contributed by atoms with Crippen molar-refractivity contribution in [3.63, 3.8) is 0 Å². The number of rotatable bonds is 1. The van der Waals surface area contributed by atoms with Gasteiger partial charge in [-0.2, -0.15) is 0 Å². The van der Waals surface area contributed by atoms with Gasteiger partial charge in [0.1, 0.15) is 0 Å². The average molecular weight is 336 g/mol. The predicted molar refractivity (Wildman–Crippen MR) is 53.8 cm³/mol. The van der Waals surface area contributed by atoms with Crippen molar-refractivity contribution in [2.45, 2.75) is 11.8 Å².